The molecule has 1 amide bonds. The Balaban J connectivity index is 1.74. The number of hydrogen-bond donors (Lipinski definition) is 1. The van der Waals surface area contributed by atoms with Crippen molar-refractivity contribution in [1.82, 2.24) is 4.31 Å². The first kappa shape index (κ1) is 20.1. The van der Waals surface area contributed by atoms with E-state index < -0.39 is 15.9 Å². The highest BCUT2D eigenvalue weighted by Gasteiger charge is 2.33. The fourth-order valence-corrected chi connectivity index (χ4v) is 4.92. The van der Waals surface area contributed by atoms with E-state index in [-0.39, 0.29) is 17.3 Å². The van der Waals surface area contributed by atoms with Gasteiger partial charge >= 0.3 is 0 Å². The summed E-state index contributed by atoms with van der Waals surface area (Å²) in [6.45, 7) is 2.44. The number of anilines is 1. The van der Waals surface area contributed by atoms with Gasteiger partial charge in [0.25, 0.3) is 0 Å². The number of sulfonamides is 1. The van der Waals surface area contributed by atoms with Crippen molar-refractivity contribution < 1.29 is 13.2 Å². The van der Waals surface area contributed by atoms with Gasteiger partial charge in [-0.1, -0.05) is 40.9 Å². The van der Waals surface area contributed by atoms with Crippen LogP contribution in [0.4, 0.5) is 5.69 Å². The summed E-state index contributed by atoms with van der Waals surface area (Å²) in [7, 11) is -3.63. The Kier molecular flexibility index (Phi) is 6.11. The van der Waals surface area contributed by atoms with Gasteiger partial charge in [0, 0.05) is 18.1 Å². The minimum Gasteiger partial charge on any atom is -0.324 e. The standard InChI is InChI=1S/C19H20Cl2N2O3S/c1-13-4-7-16(8-5-13)27(25,26)23-10-2-3-14(12-23)19(24)22-18-11-15(20)6-9-17(18)21/h4-9,11,14H,2-3,10,12H2,1H3,(H,22,24)/t14-/m1/s1. The first-order valence-electron chi connectivity index (χ1n) is 8.60. The molecule has 1 aliphatic heterocycles. The normalized spacial score (nSPS) is 18.3. The Morgan fingerprint density at radius 2 is 1.85 bits per heavy atom. The second kappa shape index (κ2) is 8.19. The molecule has 0 bridgehead atoms. The van der Waals surface area contributed by atoms with Crippen molar-refractivity contribution >= 4 is 44.8 Å². The molecule has 2 aromatic carbocycles. The Morgan fingerprint density at radius 3 is 2.56 bits per heavy atom. The molecule has 0 spiro atoms. The number of piperidine rings is 1. The second-order valence-electron chi connectivity index (χ2n) is 6.63. The predicted molar refractivity (Wildman–Crippen MR) is 108 cm³/mol. The van der Waals surface area contributed by atoms with Crippen LogP contribution in [0.15, 0.2) is 47.4 Å². The van der Waals surface area contributed by atoms with Crippen molar-refractivity contribution in [2.75, 3.05) is 18.4 Å². The van der Waals surface area contributed by atoms with Crippen LogP contribution in [0.5, 0.6) is 0 Å². The molecule has 0 saturated carbocycles. The predicted octanol–water partition coefficient (Wildman–Crippen LogP) is 4.34. The van der Waals surface area contributed by atoms with E-state index in [1.165, 1.54) is 4.31 Å². The number of nitrogens with zero attached hydrogens (tertiary/aromatic N) is 1. The van der Waals surface area contributed by atoms with Gasteiger partial charge < -0.3 is 5.32 Å². The number of aryl methyl sites for hydroxylation is 1. The summed E-state index contributed by atoms with van der Waals surface area (Å²) in [5.74, 6) is -0.711. The number of hydrogen-bond acceptors (Lipinski definition) is 3. The van der Waals surface area contributed by atoms with E-state index in [0.717, 1.165) is 5.56 Å². The maximum Gasteiger partial charge on any atom is 0.243 e. The number of halogens is 2. The zero-order valence-electron chi connectivity index (χ0n) is 14.8. The summed E-state index contributed by atoms with van der Waals surface area (Å²) >= 11 is 12.0. The Labute approximate surface area is 169 Å². The number of carbonyl (C=O) groups is 1. The Bertz CT molecular complexity index is 946. The molecule has 144 valence electrons. The van der Waals surface area contributed by atoms with Gasteiger partial charge in [-0.05, 0) is 50.1 Å². The molecular formula is C19H20Cl2N2O3S. The minimum atomic E-state index is -3.63. The minimum absolute atomic E-state index is 0.139. The van der Waals surface area contributed by atoms with E-state index in [4.69, 9.17) is 23.2 Å². The van der Waals surface area contributed by atoms with Crippen molar-refractivity contribution in [3.63, 3.8) is 0 Å². The van der Waals surface area contributed by atoms with Crippen LogP contribution in [-0.4, -0.2) is 31.7 Å². The van der Waals surface area contributed by atoms with Gasteiger partial charge in [0.2, 0.25) is 15.9 Å². The highest BCUT2D eigenvalue weighted by molar-refractivity contribution is 7.89. The van der Waals surface area contributed by atoms with E-state index in [0.29, 0.717) is 35.1 Å². The SMILES string of the molecule is Cc1ccc(S(=O)(=O)N2CCC[C@@H](C(=O)Nc3cc(Cl)ccc3Cl)C2)cc1. The first-order chi connectivity index (χ1) is 12.8. The zero-order chi connectivity index (χ0) is 19.6. The average Bonchev–Trinajstić information content (AvgIpc) is 2.65. The highest BCUT2D eigenvalue weighted by atomic mass is 35.5. The maximum absolute atomic E-state index is 12.9. The van der Waals surface area contributed by atoms with Crippen molar-refractivity contribution in [1.29, 1.82) is 0 Å². The van der Waals surface area contributed by atoms with E-state index in [1.54, 1.807) is 42.5 Å². The molecule has 5 nitrogen and oxygen atoms in total. The van der Waals surface area contributed by atoms with Gasteiger partial charge in [0.05, 0.1) is 21.5 Å². The highest BCUT2D eigenvalue weighted by Crippen LogP contribution is 2.28. The molecule has 1 N–H and O–H groups in total. The van der Waals surface area contributed by atoms with Crippen LogP contribution in [0.3, 0.4) is 0 Å². The molecule has 1 atom stereocenters. The lowest BCUT2D eigenvalue weighted by molar-refractivity contribution is -0.120. The lowest BCUT2D eigenvalue weighted by Gasteiger charge is -2.31. The average molecular weight is 427 g/mol. The van der Waals surface area contributed by atoms with Crippen LogP contribution >= 0.6 is 23.2 Å². The molecule has 0 aromatic heterocycles. The molecule has 1 aliphatic rings. The number of carbonyl (C=O) groups excluding carboxylic acids is 1. The quantitative estimate of drug-likeness (QED) is 0.790. The van der Waals surface area contributed by atoms with Crippen LogP contribution in [0.2, 0.25) is 10.0 Å². The van der Waals surface area contributed by atoms with Crippen molar-refractivity contribution in [2.24, 2.45) is 5.92 Å². The molecule has 0 radical (unpaired) electrons. The summed E-state index contributed by atoms with van der Waals surface area (Å²) in [5, 5.41) is 3.61. The van der Waals surface area contributed by atoms with Crippen molar-refractivity contribution in [2.45, 2.75) is 24.7 Å². The molecule has 1 saturated heterocycles. The van der Waals surface area contributed by atoms with Gasteiger partial charge in [-0.2, -0.15) is 4.31 Å². The van der Waals surface area contributed by atoms with Crippen molar-refractivity contribution in [3.8, 4) is 0 Å². The number of nitrogens with one attached hydrogen (secondary N) is 1. The molecule has 0 aliphatic carbocycles. The Morgan fingerprint density at radius 1 is 1.15 bits per heavy atom. The summed E-state index contributed by atoms with van der Waals surface area (Å²) in [6.07, 6.45) is 1.23. The van der Waals surface area contributed by atoms with Crippen LogP contribution in [0, 0.1) is 12.8 Å². The van der Waals surface area contributed by atoms with Gasteiger partial charge in [0.1, 0.15) is 0 Å². The van der Waals surface area contributed by atoms with Crippen LogP contribution < -0.4 is 5.32 Å². The first-order valence-corrected chi connectivity index (χ1v) is 10.8. The Hall–Kier alpha value is -1.60. The van der Waals surface area contributed by atoms with E-state index >= 15 is 0 Å². The number of benzene rings is 2. The molecule has 8 heteroatoms. The summed E-state index contributed by atoms with van der Waals surface area (Å²) in [4.78, 5) is 12.9. The topological polar surface area (TPSA) is 66.5 Å². The van der Waals surface area contributed by atoms with Crippen LogP contribution in [0.1, 0.15) is 18.4 Å². The lowest BCUT2D eigenvalue weighted by Crippen LogP contribution is -2.43. The monoisotopic (exact) mass is 426 g/mol. The molecular weight excluding hydrogens is 407 g/mol. The third-order valence-corrected chi connectivity index (χ3v) is 7.04. The fraction of sp³-hybridized carbons (Fsp3) is 0.316. The molecule has 1 fully saturated rings. The summed E-state index contributed by atoms with van der Waals surface area (Å²) in [6, 6.07) is 11.5. The second-order valence-corrected chi connectivity index (χ2v) is 9.41. The van der Waals surface area contributed by atoms with Crippen molar-refractivity contribution in [3.05, 3.63) is 58.1 Å². The molecule has 27 heavy (non-hydrogen) atoms. The third kappa shape index (κ3) is 4.63. The third-order valence-electron chi connectivity index (χ3n) is 4.60. The summed E-state index contributed by atoms with van der Waals surface area (Å²) in [5.41, 5.74) is 1.41. The lowest BCUT2D eigenvalue weighted by atomic mass is 9.99. The van der Waals surface area contributed by atoms with E-state index in [1.807, 2.05) is 6.92 Å². The van der Waals surface area contributed by atoms with E-state index in [2.05, 4.69) is 5.32 Å². The van der Waals surface area contributed by atoms with Crippen LogP contribution in [0.25, 0.3) is 0 Å². The van der Waals surface area contributed by atoms with Crippen LogP contribution in [-0.2, 0) is 14.8 Å². The number of amides is 1. The smallest absolute Gasteiger partial charge is 0.243 e. The van der Waals surface area contributed by atoms with Gasteiger partial charge in [0.15, 0.2) is 0 Å². The van der Waals surface area contributed by atoms with E-state index in [9.17, 15) is 13.2 Å². The zero-order valence-corrected chi connectivity index (χ0v) is 17.1. The van der Waals surface area contributed by atoms with Gasteiger partial charge in [-0.3, -0.25) is 4.79 Å². The summed E-state index contributed by atoms with van der Waals surface area (Å²) < 4.78 is 27.1. The van der Waals surface area contributed by atoms with Gasteiger partial charge in [-0.15, -0.1) is 0 Å². The molecule has 0 unspecified atom stereocenters. The fourth-order valence-electron chi connectivity index (χ4n) is 3.06. The molecule has 1 heterocycles. The maximum atomic E-state index is 12.9. The molecule has 3 rings (SSSR count). The van der Waals surface area contributed by atoms with Gasteiger partial charge in [-0.25, -0.2) is 8.42 Å². The largest absolute Gasteiger partial charge is 0.324 e. The number of rotatable bonds is 4. The molecule has 2 aromatic rings.